The van der Waals surface area contributed by atoms with Crippen LogP contribution in [0.1, 0.15) is 32.6 Å². The third kappa shape index (κ3) is 2.96. The molecule has 1 N–H and O–H groups in total. The molecule has 0 spiro atoms. The molecule has 3 rings (SSSR count). The summed E-state index contributed by atoms with van der Waals surface area (Å²) in [4.78, 5) is 13.6. The van der Waals surface area contributed by atoms with Crippen LogP contribution in [0.2, 0.25) is 0 Å². The Morgan fingerprint density at radius 3 is 2.75 bits per heavy atom. The maximum absolute atomic E-state index is 11.7. The highest BCUT2D eigenvalue weighted by molar-refractivity contribution is 5.95. The summed E-state index contributed by atoms with van der Waals surface area (Å²) in [5, 5.41) is 3.56. The number of anilines is 2. The third-order valence-corrected chi connectivity index (χ3v) is 4.11. The van der Waals surface area contributed by atoms with Crippen molar-refractivity contribution < 1.29 is 9.53 Å². The van der Waals surface area contributed by atoms with Crippen molar-refractivity contribution in [3.05, 3.63) is 24.3 Å². The van der Waals surface area contributed by atoms with Gasteiger partial charge in [0.05, 0.1) is 6.10 Å². The monoisotopic (exact) mass is 274 g/mol. The first-order valence-corrected chi connectivity index (χ1v) is 7.51. The van der Waals surface area contributed by atoms with E-state index in [2.05, 4.69) is 24.4 Å². The van der Waals surface area contributed by atoms with Crippen molar-refractivity contribution in [2.45, 2.75) is 44.8 Å². The van der Waals surface area contributed by atoms with Gasteiger partial charge in [0.15, 0.2) is 0 Å². The topological polar surface area (TPSA) is 41.6 Å². The number of nitrogens with zero attached hydrogens (tertiary/aromatic N) is 1. The molecule has 1 aromatic rings. The van der Waals surface area contributed by atoms with Crippen LogP contribution in [0, 0.1) is 0 Å². The van der Waals surface area contributed by atoms with Crippen LogP contribution in [0.5, 0.6) is 0 Å². The second-order valence-electron chi connectivity index (χ2n) is 5.74. The molecule has 1 aromatic carbocycles. The Morgan fingerprint density at radius 1 is 1.30 bits per heavy atom. The zero-order valence-corrected chi connectivity index (χ0v) is 12.0. The van der Waals surface area contributed by atoms with Gasteiger partial charge in [0, 0.05) is 37.0 Å². The highest BCUT2D eigenvalue weighted by atomic mass is 16.5. The number of rotatable bonds is 3. The Labute approximate surface area is 120 Å². The van der Waals surface area contributed by atoms with Crippen LogP contribution in [-0.4, -0.2) is 31.2 Å². The molecular formula is C16H22N2O2. The van der Waals surface area contributed by atoms with Crippen LogP contribution in [-0.2, 0) is 9.53 Å². The second kappa shape index (κ2) is 5.83. The Kier molecular flexibility index (Phi) is 3.92. The van der Waals surface area contributed by atoms with Gasteiger partial charge in [-0.05, 0) is 50.5 Å². The zero-order chi connectivity index (χ0) is 13.9. The quantitative estimate of drug-likeness (QED) is 0.921. The fourth-order valence-electron chi connectivity index (χ4n) is 3.02. The van der Waals surface area contributed by atoms with Gasteiger partial charge in [-0.25, -0.2) is 0 Å². The number of amides is 1. The molecule has 0 aliphatic carbocycles. The van der Waals surface area contributed by atoms with Gasteiger partial charge in [-0.3, -0.25) is 4.79 Å². The minimum absolute atomic E-state index is 0.240. The smallest absolute Gasteiger partial charge is 0.227 e. The van der Waals surface area contributed by atoms with Crippen LogP contribution < -0.4 is 10.2 Å². The number of carbonyl (C=O) groups is 1. The van der Waals surface area contributed by atoms with E-state index in [0.717, 1.165) is 43.8 Å². The Balaban J connectivity index is 1.62. The van der Waals surface area contributed by atoms with Crippen LogP contribution in [0.25, 0.3) is 0 Å². The lowest BCUT2D eigenvalue weighted by Gasteiger charge is -2.28. The lowest BCUT2D eigenvalue weighted by molar-refractivity contribution is -0.117. The number of hydrogen-bond acceptors (Lipinski definition) is 3. The van der Waals surface area contributed by atoms with E-state index in [0.29, 0.717) is 18.6 Å². The van der Waals surface area contributed by atoms with Gasteiger partial charge in [0.2, 0.25) is 5.91 Å². The van der Waals surface area contributed by atoms with Crippen molar-refractivity contribution in [3.63, 3.8) is 0 Å². The first-order valence-electron chi connectivity index (χ1n) is 7.51. The number of nitrogens with one attached hydrogen (secondary N) is 1. The number of carbonyl (C=O) groups excluding carboxylic acids is 1. The minimum Gasteiger partial charge on any atom is -0.382 e. The van der Waals surface area contributed by atoms with Gasteiger partial charge in [-0.15, -0.1) is 0 Å². The molecule has 4 heteroatoms. The van der Waals surface area contributed by atoms with Crippen molar-refractivity contribution in [2.75, 3.05) is 23.4 Å². The summed E-state index contributed by atoms with van der Waals surface area (Å²) in [7, 11) is 0. The van der Waals surface area contributed by atoms with Gasteiger partial charge in [0.25, 0.3) is 0 Å². The lowest BCUT2D eigenvalue weighted by Crippen LogP contribution is -2.32. The van der Waals surface area contributed by atoms with E-state index in [9.17, 15) is 4.79 Å². The normalized spacial score (nSPS) is 26.9. The molecule has 2 aliphatic rings. The van der Waals surface area contributed by atoms with E-state index in [4.69, 9.17) is 4.74 Å². The number of benzene rings is 1. The fraction of sp³-hybridized carbons (Fsp3) is 0.562. The van der Waals surface area contributed by atoms with E-state index in [1.807, 2.05) is 17.0 Å². The molecule has 0 aromatic heterocycles. The van der Waals surface area contributed by atoms with Gasteiger partial charge in [-0.2, -0.15) is 0 Å². The summed E-state index contributed by atoms with van der Waals surface area (Å²) in [6.07, 6.45) is 4.09. The van der Waals surface area contributed by atoms with E-state index >= 15 is 0 Å². The van der Waals surface area contributed by atoms with Gasteiger partial charge < -0.3 is 15.0 Å². The summed E-state index contributed by atoms with van der Waals surface area (Å²) >= 11 is 0. The molecule has 2 atom stereocenters. The number of hydrogen-bond donors (Lipinski definition) is 1. The average Bonchev–Trinajstić information content (AvgIpc) is 2.86. The Bertz CT molecular complexity index is 472. The molecule has 20 heavy (non-hydrogen) atoms. The molecule has 2 unspecified atom stereocenters. The van der Waals surface area contributed by atoms with Gasteiger partial charge in [0.1, 0.15) is 0 Å². The predicted octanol–water partition coefficient (Wildman–Crippen LogP) is 2.79. The fourth-order valence-corrected chi connectivity index (χ4v) is 3.02. The second-order valence-corrected chi connectivity index (χ2v) is 5.74. The van der Waals surface area contributed by atoms with Crippen LogP contribution in [0.3, 0.4) is 0 Å². The number of ether oxygens (including phenoxy) is 1. The molecule has 2 fully saturated rings. The summed E-state index contributed by atoms with van der Waals surface area (Å²) in [6, 6.07) is 8.70. The largest absolute Gasteiger partial charge is 0.382 e. The molecule has 1 amide bonds. The van der Waals surface area contributed by atoms with Crippen LogP contribution >= 0.6 is 0 Å². The standard InChI is InChI=1S/C16H22N2O2/c1-12-11-14(8-10-20-12)17-13-4-6-15(7-5-13)18-9-2-3-16(18)19/h4-7,12,14,17H,2-3,8-11H2,1H3. The first-order chi connectivity index (χ1) is 9.72. The first kappa shape index (κ1) is 13.4. The zero-order valence-electron chi connectivity index (χ0n) is 12.0. The highest BCUT2D eigenvalue weighted by Gasteiger charge is 2.22. The molecular weight excluding hydrogens is 252 g/mol. The van der Waals surface area contributed by atoms with E-state index in [1.165, 1.54) is 0 Å². The maximum Gasteiger partial charge on any atom is 0.227 e. The average molecular weight is 274 g/mol. The van der Waals surface area contributed by atoms with E-state index in [1.54, 1.807) is 0 Å². The highest BCUT2D eigenvalue weighted by Crippen LogP contribution is 2.24. The minimum atomic E-state index is 0.240. The molecule has 2 heterocycles. The molecule has 0 saturated carbocycles. The van der Waals surface area contributed by atoms with Crippen molar-refractivity contribution >= 4 is 17.3 Å². The van der Waals surface area contributed by atoms with Gasteiger partial charge in [-0.1, -0.05) is 0 Å². The molecule has 4 nitrogen and oxygen atoms in total. The van der Waals surface area contributed by atoms with Crippen molar-refractivity contribution in [2.24, 2.45) is 0 Å². The summed E-state index contributed by atoms with van der Waals surface area (Å²) in [5.74, 6) is 0.240. The van der Waals surface area contributed by atoms with Crippen molar-refractivity contribution in [3.8, 4) is 0 Å². The summed E-state index contributed by atoms with van der Waals surface area (Å²) in [6.45, 7) is 3.80. The van der Waals surface area contributed by atoms with Crippen LogP contribution in [0.4, 0.5) is 11.4 Å². The van der Waals surface area contributed by atoms with Gasteiger partial charge >= 0.3 is 0 Å². The molecule has 108 valence electrons. The maximum atomic E-state index is 11.7. The molecule has 0 bridgehead atoms. The van der Waals surface area contributed by atoms with Crippen LogP contribution in [0.15, 0.2) is 24.3 Å². The lowest BCUT2D eigenvalue weighted by atomic mass is 10.0. The summed E-state index contributed by atoms with van der Waals surface area (Å²) in [5.41, 5.74) is 2.14. The van der Waals surface area contributed by atoms with E-state index < -0.39 is 0 Å². The summed E-state index contributed by atoms with van der Waals surface area (Å²) < 4.78 is 5.56. The molecule has 2 aliphatic heterocycles. The SMILES string of the molecule is CC1CC(Nc2ccc(N3CCCC3=O)cc2)CCO1. The van der Waals surface area contributed by atoms with Crippen molar-refractivity contribution in [1.29, 1.82) is 0 Å². The Hall–Kier alpha value is -1.55. The molecule has 2 saturated heterocycles. The Morgan fingerprint density at radius 2 is 2.10 bits per heavy atom. The predicted molar refractivity (Wildman–Crippen MR) is 80.1 cm³/mol. The van der Waals surface area contributed by atoms with Crippen molar-refractivity contribution in [1.82, 2.24) is 0 Å². The molecule has 0 radical (unpaired) electrons. The van der Waals surface area contributed by atoms with E-state index in [-0.39, 0.29) is 5.91 Å². The third-order valence-electron chi connectivity index (χ3n) is 4.11.